The number of hydrogen-bond donors (Lipinski definition) is 3. The lowest BCUT2D eigenvalue weighted by atomic mass is 10.3. The topological polar surface area (TPSA) is 78.0 Å². The Hall–Kier alpha value is -2.29. The molecule has 2 aromatic heterocycles. The predicted molar refractivity (Wildman–Crippen MR) is 76.6 cm³/mol. The molecule has 0 aromatic carbocycles. The molecule has 3 N–H and O–H groups in total. The lowest BCUT2D eigenvalue weighted by molar-refractivity contribution is 0.102. The van der Waals surface area contributed by atoms with Crippen molar-refractivity contribution in [2.75, 3.05) is 11.9 Å². The van der Waals surface area contributed by atoms with E-state index in [1.807, 2.05) is 0 Å². The van der Waals surface area contributed by atoms with Gasteiger partial charge in [-0.2, -0.15) is 0 Å². The number of aromatic nitrogens is 2. The van der Waals surface area contributed by atoms with Crippen LogP contribution in [0.5, 0.6) is 0 Å². The molecular formula is C14H12ClN3O2. The minimum Gasteiger partial charge on any atom is -0.395 e. The number of H-pyrrole nitrogens is 1. The monoisotopic (exact) mass is 289 g/mol. The highest BCUT2D eigenvalue weighted by Crippen LogP contribution is 2.11. The molecule has 0 spiro atoms. The molecular weight excluding hydrogens is 278 g/mol. The molecule has 1 amide bonds. The summed E-state index contributed by atoms with van der Waals surface area (Å²) in [5, 5.41) is 11.8. The van der Waals surface area contributed by atoms with Gasteiger partial charge in [0.15, 0.2) is 0 Å². The van der Waals surface area contributed by atoms with E-state index in [9.17, 15) is 4.79 Å². The first-order valence-electron chi connectivity index (χ1n) is 5.91. The summed E-state index contributed by atoms with van der Waals surface area (Å²) in [6.07, 6.45) is 1.92. The first-order chi connectivity index (χ1) is 9.69. The van der Waals surface area contributed by atoms with Gasteiger partial charge in [0.1, 0.15) is 17.2 Å². The van der Waals surface area contributed by atoms with Crippen molar-refractivity contribution in [1.82, 2.24) is 9.97 Å². The minimum absolute atomic E-state index is 0.0109. The van der Waals surface area contributed by atoms with E-state index in [0.29, 0.717) is 28.6 Å². The smallest absolute Gasteiger partial charge is 0.273 e. The third-order valence-corrected chi connectivity index (χ3v) is 2.55. The molecule has 0 aliphatic carbocycles. The summed E-state index contributed by atoms with van der Waals surface area (Å²) in [5.74, 6) is 5.64. The molecule has 0 aliphatic heterocycles. The molecule has 2 rings (SSSR count). The maximum Gasteiger partial charge on any atom is 0.273 e. The number of halogens is 1. The number of carbonyl (C=O) groups excluding carboxylic acids is 1. The van der Waals surface area contributed by atoms with Crippen LogP contribution in [0.4, 0.5) is 5.82 Å². The summed E-state index contributed by atoms with van der Waals surface area (Å²) in [6.45, 7) is 0.0109. The highest BCUT2D eigenvalue weighted by Gasteiger charge is 2.08. The van der Waals surface area contributed by atoms with Gasteiger partial charge in [0, 0.05) is 12.6 Å². The zero-order valence-corrected chi connectivity index (χ0v) is 11.2. The largest absolute Gasteiger partial charge is 0.395 e. The fraction of sp³-hybridized carbons (Fsp3) is 0.143. The maximum absolute atomic E-state index is 11.9. The van der Waals surface area contributed by atoms with E-state index in [1.54, 1.807) is 18.2 Å². The number of hydrogen-bond acceptors (Lipinski definition) is 3. The number of aliphatic hydroxyl groups excluding tert-OH is 1. The standard InChI is InChI=1S/C14H12ClN3O2/c15-10-8-12(16-9-10)14(20)18-13-6-3-5-11(17-13)4-1-2-7-19/h3,5-6,8-9,16,19H,2,7H2,(H,17,18,20). The molecule has 2 aromatic rings. The molecule has 20 heavy (non-hydrogen) atoms. The van der Waals surface area contributed by atoms with Gasteiger partial charge in [-0.1, -0.05) is 23.6 Å². The SMILES string of the molecule is O=C(Nc1cccc(C#CCCO)n1)c1cc(Cl)c[nH]1. The summed E-state index contributed by atoms with van der Waals surface area (Å²) < 4.78 is 0. The number of aromatic amines is 1. The van der Waals surface area contributed by atoms with Crippen molar-refractivity contribution in [2.24, 2.45) is 0 Å². The molecule has 0 unspecified atom stereocenters. The lowest BCUT2D eigenvalue weighted by Crippen LogP contribution is -2.13. The Labute approximate surface area is 121 Å². The van der Waals surface area contributed by atoms with E-state index in [0.717, 1.165) is 0 Å². The van der Waals surface area contributed by atoms with Crippen molar-refractivity contribution in [3.63, 3.8) is 0 Å². The van der Waals surface area contributed by atoms with Crippen molar-refractivity contribution in [1.29, 1.82) is 0 Å². The fourth-order valence-electron chi connectivity index (χ4n) is 1.47. The first-order valence-corrected chi connectivity index (χ1v) is 6.29. The van der Waals surface area contributed by atoms with Crippen LogP contribution in [0.25, 0.3) is 0 Å². The van der Waals surface area contributed by atoms with E-state index in [4.69, 9.17) is 16.7 Å². The van der Waals surface area contributed by atoms with Gasteiger partial charge in [0.25, 0.3) is 5.91 Å². The predicted octanol–water partition coefficient (Wildman–Crippen LogP) is 2.05. The summed E-state index contributed by atoms with van der Waals surface area (Å²) in [4.78, 5) is 18.8. The number of anilines is 1. The Morgan fingerprint density at radius 3 is 3.05 bits per heavy atom. The van der Waals surface area contributed by atoms with Crippen LogP contribution in [-0.4, -0.2) is 27.6 Å². The van der Waals surface area contributed by atoms with E-state index >= 15 is 0 Å². The summed E-state index contributed by atoms with van der Waals surface area (Å²) in [5.41, 5.74) is 0.884. The van der Waals surface area contributed by atoms with Crippen LogP contribution in [0.3, 0.4) is 0 Å². The van der Waals surface area contributed by atoms with Crippen LogP contribution >= 0.6 is 11.6 Å². The zero-order valence-electron chi connectivity index (χ0n) is 10.5. The molecule has 0 bridgehead atoms. The van der Waals surface area contributed by atoms with Crippen LogP contribution in [0, 0.1) is 11.8 Å². The highest BCUT2D eigenvalue weighted by molar-refractivity contribution is 6.31. The van der Waals surface area contributed by atoms with Crippen LogP contribution in [0.15, 0.2) is 30.5 Å². The van der Waals surface area contributed by atoms with Crippen LogP contribution in [0.1, 0.15) is 22.6 Å². The van der Waals surface area contributed by atoms with Gasteiger partial charge in [-0.15, -0.1) is 0 Å². The second-order valence-electron chi connectivity index (χ2n) is 3.87. The minimum atomic E-state index is -0.329. The number of nitrogens with zero attached hydrogens (tertiary/aromatic N) is 1. The number of carbonyl (C=O) groups is 1. The Balaban J connectivity index is 2.08. The van der Waals surface area contributed by atoms with Crippen molar-refractivity contribution >= 4 is 23.3 Å². The van der Waals surface area contributed by atoms with Gasteiger partial charge in [-0.25, -0.2) is 4.98 Å². The molecule has 0 atom stereocenters. The maximum atomic E-state index is 11.9. The molecule has 102 valence electrons. The average molecular weight is 290 g/mol. The van der Waals surface area contributed by atoms with E-state index in [2.05, 4.69) is 27.1 Å². The molecule has 0 fully saturated rings. The Bertz CT molecular complexity index is 670. The van der Waals surface area contributed by atoms with Gasteiger partial charge in [0.2, 0.25) is 0 Å². The third kappa shape index (κ3) is 3.85. The van der Waals surface area contributed by atoms with Gasteiger partial charge >= 0.3 is 0 Å². The number of aliphatic hydroxyl groups is 1. The fourth-order valence-corrected chi connectivity index (χ4v) is 1.63. The summed E-state index contributed by atoms with van der Waals surface area (Å²) in [6, 6.07) is 6.67. The second kappa shape index (κ2) is 6.75. The Kier molecular flexibility index (Phi) is 4.77. The van der Waals surface area contributed by atoms with Gasteiger partial charge < -0.3 is 15.4 Å². The van der Waals surface area contributed by atoms with Crippen molar-refractivity contribution in [2.45, 2.75) is 6.42 Å². The molecule has 0 radical (unpaired) electrons. The molecule has 0 saturated carbocycles. The van der Waals surface area contributed by atoms with Gasteiger partial charge in [-0.05, 0) is 24.1 Å². The molecule has 0 saturated heterocycles. The quantitative estimate of drug-likeness (QED) is 0.757. The van der Waals surface area contributed by atoms with Crippen LogP contribution in [-0.2, 0) is 0 Å². The van der Waals surface area contributed by atoms with Crippen molar-refractivity contribution < 1.29 is 9.90 Å². The number of pyridine rings is 1. The van der Waals surface area contributed by atoms with Gasteiger partial charge in [-0.3, -0.25) is 4.79 Å². The first kappa shape index (κ1) is 14.1. The van der Waals surface area contributed by atoms with E-state index < -0.39 is 0 Å². The molecule has 0 aliphatic rings. The Morgan fingerprint density at radius 2 is 2.35 bits per heavy atom. The second-order valence-corrected chi connectivity index (χ2v) is 4.31. The van der Waals surface area contributed by atoms with Crippen LogP contribution < -0.4 is 5.32 Å². The normalized spacial score (nSPS) is 9.70. The van der Waals surface area contributed by atoms with E-state index in [1.165, 1.54) is 12.3 Å². The summed E-state index contributed by atoms with van der Waals surface area (Å²) >= 11 is 5.74. The summed E-state index contributed by atoms with van der Waals surface area (Å²) in [7, 11) is 0. The molecule has 5 nitrogen and oxygen atoms in total. The third-order valence-electron chi connectivity index (χ3n) is 2.34. The van der Waals surface area contributed by atoms with E-state index in [-0.39, 0.29) is 12.5 Å². The zero-order chi connectivity index (χ0) is 14.4. The number of nitrogens with one attached hydrogen (secondary N) is 2. The van der Waals surface area contributed by atoms with Crippen molar-refractivity contribution in [3.05, 3.63) is 46.9 Å². The number of amides is 1. The average Bonchev–Trinajstić information content (AvgIpc) is 2.86. The lowest BCUT2D eigenvalue weighted by Gasteiger charge is -2.02. The number of rotatable bonds is 3. The molecule has 6 heteroatoms. The highest BCUT2D eigenvalue weighted by atomic mass is 35.5. The van der Waals surface area contributed by atoms with Gasteiger partial charge in [0.05, 0.1) is 11.6 Å². The van der Waals surface area contributed by atoms with Crippen molar-refractivity contribution in [3.8, 4) is 11.8 Å². The molecule has 2 heterocycles. The van der Waals surface area contributed by atoms with Crippen LogP contribution in [0.2, 0.25) is 5.02 Å². The Morgan fingerprint density at radius 1 is 1.50 bits per heavy atom.